The van der Waals surface area contributed by atoms with Crippen LogP contribution < -0.4 is 0 Å². The van der Waals surface area contributed by atoms with Crippen molar-refractivity contribution in [1.82, 2.24) is 9.97 Å². The molecule has 2 rings (SSSR count). The maximum absolute atomic E-state index is 13.1. The van der Waals surface area contributed by atoms with Crippen molar-refractivity contribution in [2.75, 3.05) is 0 Å². The van der Waals surface area contributed by atoms with Crippen molar-refractivity contribution in [3.8, 4) is 0 Å². The molecule has 1 radical (unpaired) electrons. The summed E-state index contributed by atoms with van der Waals surface area (Å²) >= 11 is 0. The molecule has 87 valence electrons. The SMILES string of the molecule is CC(F)(F)c1cccc([CH]c2cncnc2)c1. The summed E-state index contributed by atoms with van der Waals surface area (Å²) in [6, 6.07) is 6.26. The lowest BCUT2D eigenvalue weighted by atomic mass is 10.0. The minimum atomic E-state index is -2.82. The largest absolute Gasteiger partial charge is 0.270 e. The Kier molecular flexibility index (Phi) is 3.13. The molecule has 4 heteroatoms. The van der Waals surface area contributed by atoms with E-state index in [0.717, 1.165) is 12.5 Å². The number of benzene rings is 1. The molecule has 0 bridgehead atoms. The molecule has 0 aliphatic heterocycles. The second-order valence-electron chi connectivity index (χ2n) is 3.83. The third kappa shape index (κ3) is 3.06. The number of hydrogen-bond donors (Lipinski definition) is 0. The normalized spacial score (nSPS) is 11.5. The number of rotatable bonds is 3. The fraction of sp³-hybridized carbons (Fsp3) is 0.154. The maximum Gasteiger partial charge on any atom is 0.270 e. The Morgan fingerprint density at radius 2 is 1.82 bits per heavy atom. The summed E-state index contributed by atoms with van der Waals surface area (Å²) in [5.41, 5.74) is 1.49. The minimum Gasteiger partial charge on any atom is -0.245 e. The van der Waals surface area contributed by atoms with Crippen molar-refractivity contribution < 1.29 is 8.78 Å². The molecule has 0 atom stereocenters. The molecule has 2 aromatic rings. The Bertz CT molecular complexity index is 492. The van der Waals surface area contributed by atoms with Gasteiger partial charge in [0.2, 0.25) is 0 Å². The van der Waals surface area contributed by atoms with E-state index in [1.54, 1.807) is 30.9 Å². The van der Waals surface area contributed by atoms with Gasteiger partial charge in [0.15, 0.2) is 0 Å². The Morgan fingerprint density at radius 3 is 2.47 bits per heavy atom. The lowest BCUT2D eigenvalue weighted by molar-refractivity contribution is 0.0174. The standard InChI is InChI=1S/C13H11F2N2/c1-13(14,15)12-4-2-3-10(6-12)5-11-7-16-9-17-8-11/h2-9H,1H3. The van der Waals surface area contributed by atoms with Crippen molar-refractivity contribution in [2.45, 2.75) is 12.8 Å². The fourth-order valence-corrected chi connectivity index (χ4v) is 1.48. The van der Waals surface area contributed by atoms with Gasteiger partial charge in [-0.2, -0.15) is 0 Å². The van der Waals surface area contributed by atoms with Crippen LogP contribution in [0.2, 0.25) is 0 Å². The summed E-state index contributed by atoms with van der Waals surface area (Å²) in [6.07, 6.45) is 6.44. The van der Waals surface area contributed by atoms with Gasteiger partial charge in [0.05, 0.1) is 0 Å². The molecule has 0 saturated carbocycles. The van der Waals surface area contributed by atoms with Crippen LogP contribution in [0.4, 0.5) is 8.78 Å². The van der Waals surface area contributed by atoms with Gasteiger partial charge in [-0.3, -0.25) is 0 Å². The molecule has 0 aliphatic rings. The van der Waals surface area contributed by atoms with Crippen LogP contribution in [0, 0.1) is 6.42 Å². The molecule has 0 amide bonds. The molecule has 0 spiro atoms. The van der Waals surface area contributed by atoms with E-state index in [1.165, 1.54) is 18.5 Å². The number of alkyl halides is 2. The summed E-state index contributed by atoms with van der Waals surface area (Å²) in [6.45, 7) is 0.887. The van der Waals surface area contributed by atoms with Crippen LogP contribution in [-0.2, 0) is 5.92 Å². The highest BCUT2D eigenvalue weighted by Gasteiger charge is 2.23. The number of halogens is 2. The summed E-state index contributed by atoms with van der Waals surface area (Å²) < 4.78 is 26.3. The minimum absolute atomic E-state index is 0.00287. The van der Waals surface area contributed by atoms with Crippen LogP contribution in [0.3, 0.4) is 0 Å². The van der Waals surface area contributed by atoms with E-state index in [9.17, 15) is 8.78 Å². The highest BCUT2D eigenvalue weighted by Crippen LogP contribution is 2.27. The van der Waals surface area contributed by atoms with Gasteiger partial charge < -0.3 is 0 Å². The molecule has 0 N–H and O–H groups in total. The molecule has 1 aromatic heterocycles. The van der Waals surface area contributed by atoms with Crippen molar-refractivity contribution in [3.63, 3.8) is 0 Å². The average molecular weight is 233 g/mol. The predicted octanol–water partition coefficient (Wildman–Crippen LogP) is 3.19. The third-order valence-electron chi connectivity index (χ3n) is 2.31. The summed E-state index contributed by atoms with van der Waals surface area (Å²) in [5, 5.41) is 0. The second-order valence-corrected chi connectivity index (χ2v) is 3.83. The molecular formula is C13H11F2N2. The van der Waals surface area contributed by atoms with Crippen molar-refractivity contribution in [3.05, 3.63) is 66.1 Å². The Hall–Kier alpha value is -1.84. The number of aromatic nitrogens is 2. The van der Waals surface area contributed by atoms with E-state index in [-0.39, 0.29) is 5.56 Å². The van der Waals surface area contributed by atoms with E-state index in [4.69, 9.17) is 0 Å². The first kappa shape index (κ1) is 11.6. The summed E-state index contributed by atoms with van der Waals surface area (Å²) in [4.78, 5) is 7.72. The molecule has 0 aliphatic carbocycles. The van der Waals surface area contributed by atoms with Gasteiger partial charge in [0, 0.05) is 31.3 Å². The van der Waals surface area contributed by atoms with Gasteiger partial charge in [0.25, 0.3) is 5.92 Å². The van der Waals surface area contributed by atoms with Crippen LogP contribution in [0.5, 0.6) is 0 Å². The van der Waals surface area contributed by atoms with Gasteiger partial charge in [-0.15, -0.1) is 0 Å². The second kappa shape index (κ2) is 4.57. The molecule has 0 saturated heterocycles. The van der Waals surface area contributed by atoms with Crippen LogP contribution in [0.15, 0.2) is 43.0 Å². The Morgan fingerprint density at radius 1 is 1.12 bits per heavy atom. The van der Waals surface area contributed by atoms with Crippen LogP contribution in [0.25, 0.3) is 0 Å². The molecule has 17 heavy (non-hydrogen) atoms. The molecule has 1 aromatic carbocycles. The van der Waals surface area contributed by atoms with E-state index in [2.05, 4.69) is 9.97 Å². The third-order valence-corrected chi connectivity index (χ3v) is 2.31. The zero-order valence-corrected chi connectivity index (χ0v) is 9.27. The highest BCUT2D eigenvalue weighted by atomic mass is 19.3. The van der Waals surface area contributed by atoms with Gasteiger partial charge >= 0.3 is 0 Å². The molecule has 0 fully saturated rings. The average Bonchev–Trinajstić information content (AvgIpc) is 2.29. The number of nitrogens with zero attached hydrogens (tertiary/aromatic N) is 2. The first-order chi connectivity index (χ1) is 8.05. The van der Waals surface area contributed by atoms with Crippen LogP contribution in [-0.4, -0.2) is 9.97 Å². The zero-order valence-electron chi connectivity index (χ0n) is 9.27. The van der Waals surface area contributed by atoms with Crippen molar-refractivity contribution in [1.29, 1.82) is 0 Å². The molecule has 2 nitrogen and oxygen atoms in total. The van der Waals surface area contributed by atoms with E-state index in [1.807, 2.05) is 0 Å². The fourth-order valence-electron chi connectivity index (χ4n) is 1.48. The predicted molar refractivity (Wildman–Crippen MR) is 60.5 cm³/mol. The van der Waals surface area contributed by atoms with E-state index >= 15 is 0 Å². The summed E-state index contributed by atoms with van der Waals surface area (Å²) in [7, 11) is 0. The number of hydrogen-bond acceptors (Lipinski definition) is 2. The summed E-state index contributed by atoms with van der Waals surface area (Å²) in [5.74, 6) is -2.82. The molecule has 0 unspecified atom stereocenters. The van der Waals surface area contributed by atoms with Crippen LogP contribution in [0.1, 0.15) is 23.6 Å². The smallest absolute Gasteiger partial charge is 0.245 e. The lowest BCUT2D eigenvalue weighted by Crippen LogP contribution is -2.07. The maximum atomic E-state index is 13.1. The highest BCUT2D eigenvalue weighted by molar-refractivity contribution is 5.37. The van der Waals surface area contributed by atoms with Gasteiger partial charge in [-0.25, -0.2) is 18.7 Å². The molecular weight excluding hydrogens is 222 g/mol. The van der Waals surface area contributed by atoms with Crippen LogP contribution >= 0.6 is 0 Å². The topological polar surface area (TPSA) is 25.8 Å². The quantitative estimate of drug-likeness (QED) is 0.813. The van der Waals surface area contributed by atoms with E-state index < -0.39 is 5.92 Å². The van der Waals surface area contributed by atoms with Gasteiger partial charge in [-0.05, 0) is 17.2 Å². The van der Waals surface area contributed by atoms with Gasteiger partial charge in [0.1, 0.15) is 6.33 Å². The van der Waals surface area contributed by atoms with Crippen molar-refractivity contribution in [2.24, 2.45) is 0 Å². The Labute approximate surface area is 98.4 Å². The lowest BCUT2D eigenvalue weighted by Gasteiger charge is -2.11. The Balaban J connectivity index is 2.23. The first-order valence-corrected chi connectivity index (χ1v) is 5.14. The van der Waals surface area contributed by atoms with E-state index in [0.29, 0.717) is 5.56 Å². The first-order valence-electron chi connectivity index (χ1n) is 5.14. The molecule has 1 heterocycles. The van der Waals surface area contributed by atoms with Crippen molar-refractivity contribution >= 4 is 0 Å². The monoisotopic (exact) mass is 233 g/mol. The zero-order chi connectivity index (χ0) is 12.3. The van der Waals surface area contributed by atoms with Gasteiger partial charge in [-0.1, -0.05) is 18.2 Å².